The largest absolute Gasteiger partial charge is 0.495 e. The standard InChI is InChI=1S/C13H21NO2/c1-3-8-14(11-5-6-11)13(15)9-12-7-4-10(2)16-12/h4,11-12H,3,5-9H2,1-2H3. The molecule has 1 aliphatic carbocycles. The Morgan fingerprint density at radius 3 is 2.81 bits per heavy atom. The molecule has 1 saturated carbocycles. The zero-order valence-corrected chi connectivity index (χ0v) is 10.2. The number of carbonyl (C=O) groups excluding carboxylic acids is 1. The SMILES string of the molecule is CCCN(C(=O)CC1CC=C(C)O1)C1CC1. The number of ether oxygens (including phenoxy) is 1. The molecule has 0 saturated heterocycles. The highest BCUT2D eigenvalue weighted by Crippen LogP contribution is 2.29. The van der Waals surface area contributed by atoms with Gasteiger partial charge in [0.05, 0.1) is 12.2 Å². The summed E-state index contributed by atoms with van der Waals surface area (Å²) < 4.78 is 5.57. The van der Waals surface area contributed by atoms with E-state index in [1.807, 2.05) is 6.92 Å². The maximum Gasteiger partial charge on any atom is 0.226 e. The first-order chi connectivity index (χ1) is 7.70. The van der Waals surface area contributed by atoms with Crippen LogP contribution in [-0.4, -0.2) is 29.5 Å². The lowest BCUT2D eigenvalue weighted by atomic mass is 10.2. The van der Waals surface area contributed by atoms with Crippen LogP contribution in [-0.2, 0) is 9.53 Å². The van der Waals surface area contributed by atoms with Crippen molar-refractivity contribution in [2.24, 2.45) is 0 Å². The van der Waals surface area contributed by atoms with Gasteiger partial charge in [0.2, 0.25) is 5.91 Å². The quantitative estimate of drug-likeness (QED) is 0.716. The molecule has 2 rings (SSSR count). The normalized spacial score (nSPS) is 23.9. The molecule has 0 spiro atoms. The Hall–Kier alpha value is -0.990. The molecule has 0 aromatic heterocycles. The van der Waals surface area contributed by atoms with Crippen molar-refractivity contribution in [3.05, 3.63) is 11.8 Å². The molecule has 0 radical (unpaired) electrons. The van der Waals surface area contributed by atoms with Gasteiger partial charge in [-0.3, -0.25) is 4.79 Å². The van der Waals surface area contributed by atoms with Gasteiger partial charge >= 0.3 is 0 Å². The molecule has 1 amide bonds. The summed E-state index contributed by atoms with van der Waals surface area (Å²) in [7, 11) is 0. The zero-order valence-electron chi connectivity index (χ0n) is 10.2. The minimum atomic E-state index is 0.0885. The van der Waals surface area contributed by atoms with Crippen LogP contribution in [0.5, 0.6) is 0 Å². The maximum atomic E-state index is 12.1. The molecule has 0 aromatic carbocycles. The topological polar surface area (TPSA) is 29.5 Å². The van der Waals surface area contributed by atoms with Crippen molar-refractivity contribution < 1.29 is 9.53 Å². The summed E-state index contributed by atoms with van der Waals surface area (Å²) in [5.41, 5.74) is 0. The second kappa shape index (κ2) is 4.89. The molecule has 90 valence electrons. The average Bonchev–Trinajstić information content (AvgIpc) is 3.00. The monoisotopic (exact) mass is 223 g/mol. The van der Waals surface area contributed by atoms with E-state index in [4.69, 9.17) is 4.74 Å². The van der Waals surface area contributed by atoms with Gasteiger partial charge in [-0.25, -0.2) is 0 Å². The maximum absolute atomic E-state index is 12.1. The molecule has 0 aromatic rings. The predicted octanol–water partition coefficient (Wildman–Crippen LogP) is 2.47. The van der Waals surface area contributed by atoms with Crippen molar-refractivity contribution in [3.63, 3.8) is 0 Å². The van der Waals surface area contributed by atoms with Crippen molar-refractivity contribution in [2.75, 3.05) is 6.54 Å². The van der Waals surface area contributed by atoms with Gasteiger partial charge in [-0.15, -0.1) is 0 Å². The van der Waals surface area contributed by atoms with Crippen LogP contribution < -0.4 is 0 Å². The molecule has 0 N–H and O–H groups in total. The first-order valence-electron chi connectivity index (χ1n) is 6.33. The summed E-state index contributed by atoms with van der Waals surface area (Å²) >= 11 is 0. The minimum absolute atomic E-state index is 0.0885. The number of nitrogens with zero attached hydrogens (tertiary/aromatic N) is 1. The van der Waals surface area contributed by atoms with E-state index < -0.39 is 0 Å². The second-order valence-corrected chi connectivity index (χ2v) is 4.81. The number of allylic oxidation sites excluding steroid dienone is 1. The molecule has 1 heterocycles. The third-order valence-corrected chi connectivity index (χ3v) is 3.20. The van der Waals surface area contributed by atoms with E-state index >= 15 is 0 Å². The van der Waals surface area contributed by atoms with E-state index in [0.29, 0.717) is 12.5 Å². The summed E-state index contributed by atoms with van der Waals surface area (Å²) in [6, 6.07) is 0.530. The fraction of sp³-hybridized carbons (Fsp3) is 0.769. The molecule has 1 unspecified atom stereocenters. The Morgan fingerprint density at radius 1 is 1.56 bits per heavy atom. The first-order valence-corrected chi connectivity index (χ1v) is 6.33. The molecule has 0 bridgehead atoms. The van der Waals surface area contributed by atoms with E-state index in [2.05, 4.69) is 17.9 Å². The number of rotatable bonds is 5. The van der Waals surface area contributed by atoms with Gasteiger partial charge in [-0.1, -0.05) is 6.92 Å². The smallest absolute Gasteiger partial charge is 0.226 e. The van der Waals surface area contributed by atoms with Gasteiger partial charge in [0.15, 0.2) is 0 Å². The fourth-order valence-corrected chi connectivity index (χ4v) is 2.23. The summed E-state index contributed by atoms with van der Waals surface area (Å²) in [6.07, 6.45) is 7.02. The van der Waals surface area contributed by atoms with E-state index in [9.17, 15) is 4.79 Å². The number of hydrogen-bond donors (Lipinski definition) is 0. The Kier molecular flexibility index (Phi) is 3.52. The molecule has 1 atom stereocenters. The highest BCUT2D eigenvalue weighted by atomic mass is 16.5. The van der Waals surface area contributed by atoms with Gasteiger partial charge in [-0.05, 0) is 32.3 Å². The van der Waals surface area contributed by atoms with Crippen LogP contribution in [0.4, 0.5) is 0 Å². The lowest BCUT2D eigenvalue weighted by molar-refractivity contribution is -0.133. The van der Waals surface area contributed by atoms with Gasteiger partial charge in [0.1, 0.15) is 6.10 Å². The van der Waals surface area contributed by atoms with Crippen LogP contribution in [0.3, 0.4) is 0 Å². The predicted molar refractivity (Wildman–Crippen MR) is 62.9 cm³/mol. The van der Waals surface area contributed by atoms with Crippen LogP contribution in [0.25, 0.3) is 0 Å². The Balaban J connectivity index is 1.81. The first kappa shape index (κ1) is 11.5. The summed E-state index contributed by atoms with van der Waals surface area (Å²) in [5, 5.41) is 0. The minimum Gasteiger partial charge on any atom is -0.495 e. The molecule has 3 heteroatoms. The lowest BCUT2D eigenvalue weighted by Gasteiger charge is -2.23. The number of carbonyl (C=O) groups is 1. The number of amides is 1. The summed E-state index contributed by atoms with van der Waals surface area (Å²) in [4.78, 5) is 14.2. The molecule has 2 aliphatic rings. The van der Waals surface area contributed by atoms with Crippen molar-refractivity contribution in [1.82, 2.24) is 4.90 Å². The van der Waals surface area contributed by atoms with Crippen molar-refractivity contribution >= 4 is 5.91 Å². The number of hydrogen-bond acceptors (Lipinski definition) is 2. The fourth-order valence-electron chi connectivity index (χ4n) is 2.23. The average molecular weight is 223 g/mol. The van der Waals surface area contributed by atoms with Crippen LogP contribution in [0.1, 0.15) is 46.0 Å². The van der Waals surface area contributed by atoms with Gasteiger partial charge < -0.3 is 9.64 Å². The van der Waals surface area contributed by atoms with E-state index in [1.54, 1.807) is 0 Å². The van der Waals surface area contributed by atoms with Crippen LogP contribution >= 0.6 is 0 Å². The third-order valence-electron chi connectivity index (χ3n) is 3.20. The Morgan fingerprint density at radius 2 is 2.31 bits per heavy atom. The van der Waals surface area contributed by atoms with Crippen molar-refractivity contribution in [2.45, 2.75) is 58.1 Å². The molecule has 1 fully saturated rings. The van der Waals surface area contributed by atoms with Crippen LogP contribution in [0.15, 0.2) is 11.8 Å². The van der Waals surface area contributed by atoms with E-state index in [0.717, 1.165) is 25.1 Å². The lowest BCUT2D eigenvalue weighted by Crippen LogP contribution is -2.35. The van der Waals surface area contributed by atoms with Crippen molar-refractivity contribution in [3.8, 4) is 0 Å². The molecule has 3 nitrogen and oxygen atoms in total. The Labute approximate surface area is 97.5 Å². The highest BCUT2D eigenvalue weighted by Gasteiger charge is 2.33. The van der Waals surface area contributed by atoms with Crippen molar-refractivity contribution in [1.29, 1.82) is 0 Å². The summed E-state index contributed by atoms with van der Waals surface area (Å²) in [5.74, 6) is 1.24. The molecular weight excluding hydrogens is 202 g/mol. The second-order valence-electron chi connectivity index (χ2n) is 4.81. The van der Waals surface area contributed by atoms with Gasteiger partial charge in [0.25, 0.3) is 0 Å². The molecule has 16 heavy (non-hydrogen) atoms. The van der Waals surface area contributed by atoms with Crippen LogP contribution in [0.2, 0.25) is 0 Å². The Bertz CT molecular complexity index is 294. The molecular formula is C13H21NO2. The van der Waals surface area contributed by atoms with Gasteiger partial charge in [0, 0.05) is 19.0 Å². The van der Waals surface area contributed by atoms with E-state index in [1.165, 1.54) is 12.8 Å². The van der Waals surface area contributed by atoms with Crippen LogP contribution in [0, 0.1) is 0 Å². The molecule has 1 aliphatic heterocycles. The van der Waals surface area contributed by atoms with E-state index in [-0.39, 0.29) is 12.0 Å². The zero-order chi connectivity index (χ0) is 11.5. The van der Waals surface area contributed by atoms with Gasteiger partial charge in [-0.2, -0.15) is 0 Å². The third kappa shape index (κ3) is 2.77. The summed E-state index contributed by atoms with van der Waals surface area (Å²) in [6.45, 7) is 4.98. The highest BCUT2D eigenvalue weighted by molar-refractivity contribution is 5.77.